The first-order valence-corrected chi connectivity index (χ1v) is 13.7. The molecule has 9 heteroatoms. The third-order valence-electron chi connectivity index (χ3n) is 8.38. The van der Waals surface area contributed by atoms with E-state index in [0.717, 1.165) is 50.2 Å². The van der Waals surface area contributed by atoms with Crippen molar-refractivity contribution in [1.82, 2.24) is 14.8 Å². The van der Waals surface area contributed by atoms with Crippen molar-refractivity contribution in [2.45, 2.75) is 44.6 Å². The van der Waals surface area contributed by atoms with Crippen molar-refractivity contribution in [3.05, 3.63) is 58.7 Å². The van der Waals surface area contributed by atoms with Crippen molar-refractivity contribution in [2.24, 2.45) is 11.3 Å². The van der Waals surface area contributed by atoms with Crippen LogP contribution in [0.4, 0.5) is 10.6 Å². The summed E-state index contributed by atoms with van der Waals surface area (Å²) in [5.41, 5.74) is 1.71. The van der Waals surface area contributed by atoms with Gasteiger partial charge in [-0.15, -0.1) is 0 Å². The number of halogens is 1. The molecule has 0 N–H and O–H groups in total. The van der Waals surface area contributed by atoms with E-state index in [1.165, 1.54) is 0 Å². The number of benzene rings is 1. The first-order chi connectivity index (χ1) is 18.3. The molecule has 2 atom stereocenters. The summed E-state index contributed by atoms with van der Waals surface area (Å²) in [5.74, 6) is 0.889. The maximum atomic E-state index is 13.7. The van der Waals surface area contributed by atoms with E-state index in [4.69, 9.17) is 21.6 Å². The van der Waals surface area contributed by atoms with Crippen LogP contribution in [0.5, 0.6) is 0 Å². The molecule has 3 aliphatic rings. The number of anilines is 1. The molecule has 2 aliphatic heterocycles. The molecule has 0 spiro atoms. The summed E-state index contributed by atoms with van der Waals surface area (Å²) in [6.07, 6.45) is 4.90. The second kappa shape index (κ2) is 10.8. The molecule has 0 unspecified atom stereocenters. The minimum atomic E-state index is -0.334. The lowest BCUT2D eigenvalue weighted by atomic mass is 9.93. The Kier molecular flexibility index (Phi) is 7.49. The van der Waals surface area contributed by atoms with Crippen LogP contribution in [0.2, 0.25) is 5.02 Å². The van der Waals surface area contributed by atoms with Crippen LogP contribution in [0.1, 0.15) is 49.7 Å². The van der Waals surface area contributed by atoms with E-state index in [1.54, 1.807) is 24.2 Å². The van der Waals surface area contributed by atoms with Crippen LogP contribution in [-0.2, 0) is 9.53 Å². The third kappa shape index (κ3) is 5.73. The maximum Gasteiger partial charge on any atom is 0.409 e. The molecule has 3 heterocycles. The third-order valence-corrected chi connectivity index (χ3v) is 8.63. The number of rotatable bonds is 6. The largest absolute Gasteiger partial charge is 0.449 e. The summed E-state index contributed by atoms with van der Waals surface area (Å²) in [6.45, 7) is 5.07. The number of likely N-dealkylation sites (tertiary alicyclic amines) is 1. The predicted molar refractivity (Wildman–Crippen MR) is 145 cm³/mol. The summed E-state index contributed by atoms with van der Waals surface area (Å²) < 4.78 is 5.66. The Hall–Kier alpha value is -3.31. The average Bonchev–Trinajstić information content (AvgIpc) is 3.52. The lowest BCUT2D eigenvalue weighted by Gasteiger charge is -2.34. The van der Waals surface area contributed by atoms with Crippen molar-refractivity contribution in [3.8, 4) is 6.07 Å². The summed E-state index contributed by atoms with van der Waals surface area (Å²) in [4.78, 5) is 36.8. The van der Waals surface area contributed by atoms with E-state index in [0.29, 0.717) is 30.3 Å². The van der Waals surface area contributed by atoms with Crippen molar-refractivity contribution in [3.63, 3.8) is 0 Å². The molecule has 1 aromatic carbocycles. The second-order valence-electron chi connectivity index (χ2n) is 11.2. The quantitative estimate of drug-likeness (QED) is 0.533. The van der Waals surface area contributed by atoms with Crippen LogP contribution in [0.15, 0.2) is 42.6 Å². The number of hydrogen-bond acceptors (Lipinski definition) is 6. The molecule has 1 aliphatic carbocycles. The molecule has 8 nitrogen and oxygen atoms in total. The van der Waals surface area contributed by atoms with Crippen LogP contribution in [0, 0.1) is 22.7 Å². The van der Waals surface area contributed by atoms with Crippen LogP contribution < -0.4 is 4.90 Å². The lowest BCUT2D eigenvalue weighted by molar-refractivity contribution is -0.135. The summed E-state index contributed by atoms with van der Waals surface area (Å²) in [5, 5.41) is 9.66. The second-order valence-corrected chi connectivity index (χ2v) is 11.7. The fourth-order valence-electron chi connectivity index (χ4n) is 5.48. The monoisotopic (exact) mass is 535 g/mol. The van der Waals surface area contributed by atoms with Gasteiger partial charge in [0.2, 0.25) is 5.91 Å². The van der Waals surface area contributed by atoms with E-state index < -0.39 is 0 Å². The number of nitrogens with zero attached hydrogens (tertiary/aromatic N) is 5. The van der Waals surface area contributed by atoms with Gasteiger partial charge in [-0.2, -0.15) is 5.26 Å². The van der Waals surface area contributed by atoms with Gasteiger partial charge in [-0.05, 0) is 55.5 Å². The zero-order chi connectivity index (χ0) is 26.9. The molecule has 2 amide bonds. The highest BCUT2D eigenvalue weighted by Gasteiger charge is 2.43. The zero-order valence-electron chi connectivity index (χ0n) is 22.0. The first-order valence-electron chi connectivity index (χ1n) is 13.3. The van der Waals surface area contributed by atoms with Crippen molar-refractivity contribution in [2.75, 3.05) is 44.7 Å². The molecule has 3 fully saturated rings. The maximum absolute atomic E-state index is 13.7. The van der Waals surface area contributed by atoms with Crippen LogP contribution in [-0.4, -0.2) is 72.7 Å². The van der Waals surface area contributed by atoms with Crippen molar-refractivity contribution in [1.29, 1.82) is 5.26 Å². The van der Waals surface area contributed by atoms with E-state index >= 15 is 0 Å². The summed E-state index contributed by atoms with van der Waals surface area (Å²) >= 11 is 6.14. The molecule has 200 valence electrons. The molecular formula is C29H34ClN5O3. The van der Waals surface area contributed by atoms with Gasteiger partial charge in [-0.1, -0.05) is 30.7 Å². The minimum absolute atomic E-state index is 0.0202. The minimum Gasteiger partial charge on any atom is -0.449 e. The Balaban J connectivity index is 1.25. The van der Waals surface area contributed by atoms with Crippen LogP contribution in [0.25, 0.3) is 0 Å². The van der Waals surface area contributed by atoms with Crippen LogP contribution in [0.3, 0.4) is 0 Å². The van der Waals surface area contributed by atoms with Gasteiger partial charge >= 0.3 is 6.09 Å². The van der Waals surface area contributed by atoms with Gasteiger partial charge < -0.3 is 19.4 Å². The number of amides is 2. The summed E-state index contributed by atoms with van der Waals surface area (Å²) in [6, 6.07) is 13.2. The first kappa shape index (κ1) is 26.3. The highest BCUT2D eigenvalue weighted by atomic mass is 35.5. The summed E-state index contributed by atoms with van der Waals surface area (Å²) in [7, 11) is 1.78. The molecular weight excluding hydrogens is 502 g/mol. The normalized spacial score (nSPS) is 22.6. The molecule has 1 aromatic heterocycles. The number of pyridine rings is 1. The number of carbonyl (C=O) groups excluding carboxylic acids is 2. The van der Waals surface area contributed by atoms with E-state index in [2.05, 4.69) is 22.9 Å². The number of ether oxygens (including phenoxy) is 1. The Labute approximate surface area is 229 Å². The molecule has 5 rings (SSSR count). The topological polar surface area (TPSA) is 89.8 Å². The number of piperidine rings is 1. The van der Waals surface area contributed by atoms with E-state index in [1.807, 2.05) is 35.2 Å². The van der Waals surface area contributed by atoms with Gasteiger partial charge in [0, 0.05) is 61.7 Å². The smallest absolute Gasteiger partial charge is 0.409 e. The Bertz CT molecular complexity index is 1200. The molecule has 38 heavy (non-hydrogen) atoms. The van der Waals surface area contributed by atoms with Gasteiger partial charge in [-0.25, -0.2) is 9.78 Å². The van der Waals surface area contributed by atoms with Gasteiger partial charge in [-0.3, -0.25) is 4.79 Å². The van der Waals surface area contributed by atoms with Crippen molar-refractivity contribution < 1.29 is 14.3 Å². The Morgan fingerprint density at radius 3 is 2.47 bits per heavy atom. The highest BCUT2D eigenvalue weighted by molar-refractivity contribution is 6.30. The molecule has 2 saturated heterocycles. The standard InChI is InChI=1S/C29H34ClN5O3/c1-29(11-12-29)19-38-28(37)33(2)25-18-35(17-24(25)21-4-6-23(30)7-5-21)27(36)22-9-13-34(14-10-22)26-8-3-20(15-31)16-32-26/h3-8,16,22,24-25H,9-14,17-19H2,1-2H3/t24-,25+/m0/s1. The molecule has 1 saturated carbocycles. The van der Waals surface area contributed by atoms with Crippen molar-refractivity contribution >= 4 is 29.4 Å². The predicted octanol–water partition coefficient (Wildman–Crippen LogP) is 4.69. The average molecular weight is 536 g/mol. The fraction of sp³-hybridized carbons (Fsp3) is 0.517. The van der Waals surface area contributed by atoms with Gasteiger partial charge in [0.15, 0.2) is 0 Å². The Morgan fingerprint density at radius 1 is 1.16 bits per heavy atom. The van der Waals surface area contributed by atoms with Crippen LogP contribution >= 0.6 is 11.6 Å². The zero-order valence-corrected chi connectivity index (χ0v) is 22.7. The molecule has 2 aromatic rings. The molecule has 0 bridgehead atoms. The number of carbonyl (C=O) groups is 2. The highest BCUT2D eigenvalue weighted by Crippen LogP contribution is 2.45. The number of hydrogen-bond donors (Lipinski definition) is 0. The molecule has 0 radical (unpaired) electrons. The fourth-order valence-corrected chi connectivity index (χ4v) is 5.61. The van der Waals surface area contributed by atoms with E-state index in [9.17, 15) is 9.59 Å². The van der Waals surface area contributed by atoms with Gasteiger partial charge in [0.25, 0.3) is 0 Å². The Morgan fingerprint density at radius 2 is 1.87 bits per heavy atom. The number of aromatic nitrogens is 1. The number of nitriles is 1. The van der Waals surface area contributed by atoms with Gasteiger partial charge in [0.1, 0.15) is 11.9 Å². The lowest BCUT2D eigenvalue weighted by Crippen LogP contribution is -2.44. The van der Waals surface area contributed by atoms with Gasteiger partial charge in [0.05, 0.1) is 18.2 Å². The SMILES string of the molecule is CN(C(=O)OCC1(C)CC1)[C@@H]1CN(C(=O)C2CCN(c3ccc(C#N)cn3)CC2)C[C@H]1c1ccc(Cl)cc1. The van der Waals surface area contributed by atoms with E-state index in [-0.39, 0.29) is 35.3 Å². The number of likely N-dealkylation sites (N-methyl/N-ethyl adjacent to an activating group) is 1.